The number of nitrogens with two attached hydrogens (primary N) is 1. The summed E-state index contributed by atoms with van der Waals surface area (Å²) >= 11 is 0. The molecule has 0 saturated heterocycles. The molecule has 0 spiro atoms. The second kappa shape index (κ2) is 7.31. The summed E-state index contributed by atoms with van der Waals surface area (Å²) < 4.78 is 1.73. The summed E-state index contributed by atoms with van der Waals surface area (Å²) in [6.45, 7) is 0. The van der Waals surface area contributed by atoms with Gasteiger partial charge in [0.05, 0.1) is 18.3 Å². The van der Waals surface area contributed by atoms with Gasteiger partial charge in [-0.3, -0.25) is 4.79 Å². The molecule has 1 aromatic heterocycles. The summed E-state index contributed by atoms with van der Waals surface area (Å²) in [5.74, 6) is -0.150. The van der Waals surface area contributed by atoms with Gasteiger partial charge in [-0.05, 0) is 42.0 Å². The molecular formula is C18H17N5O2. The topological polar surface area (TPSA) is 102 Å². The molecular weight excluding hydrogens is 318 g/mol. The highest BCUT2D eigenvalue weighted by molar-refractivity contribution is 5.93. The lowest BCUT2D eigenvalue weighted by Crippen LogP contribution is -2.19. The molecule has 25 heavy (non-hydrogen) atoms. The SMILES string of the molecule is NC(=O)Nc1ccc(NC(=O)Cc2cnn(-c3ccccc3)c2)cc1. The van der Waals surface area contributed by atoms with E-state index in [0.29, 0.717) is 11.4 Å². The number of para-hydroxylation sites is 1. The predicted molar refractivity (Wildman–Crippen MR) is 95.5 cm³/mol. The summed E-state index contributed by atoms with van der Waals surface area (Å²) in [4.78, 5) is 22.9. The Morgan fingerprint density at radius 3 is 2.24 bits per heavy atom. The maximum atomic E-state index is 12.2. The molecule has 0 unspecified atom stereocenters. The number of amides is 3. The molecule has 7 heteroatoms. The lowest BCUT2D eigenvalue weighted by Gasteiger charge is -2.06. The molecule has 4 N–H and O–H groups in total. The van der Waals surface area contributed by atoms with Crippen LogP contribution in [0.25, 0.3) is 5.69 Å². The van der Waals surface area contributed by atoms with Crippen molar-refractivity contribution < 1.29 is 9.59 Å². The van der Waals surface area contributed by atoms with Crippen LogP contribution in [0.1, 0.15) is 5.56 Å². The van der Waals surface area contributed by atoms with Crippen LogP contribution in [-0.2, 0) is 11.2 Å². The number of carbonyl (C=O) groups excluding carboxylic acids is 2. The highest BCUT2D eigenvalue weighted by atomic mass is 16.2. The summed E-state index contributed by atoms with van der Waals surface area (Å²) in [6.07, 6.45) is 3.72. The number of hydrogen-bond acceptors (Lipinski definition) is 3. The van der Waals surface area contributed by atoms with Crippen molar-refractivity contribution >= 4 is 23.3 Å². The highest BCUT2D eigenvalue weighted by Gasteiger charge is 2.07. The number of primary amides is 1. The third kappa shape index (κ3) is 4.44. The molecule has 0 aliphatic rings. The molecule has 2 aromatic carbocycles. The zero-order valence-corrected chi connectivity index (χ0v) is 13.3. The van der Waals surface area contributed by atoms with E-state index in [0.717, 1.165) is 11.3 Å². The fraction of sp³-hybridized carbons (Fsp3) is 0.0556. The number of urea groups is 1. The molecule has 0 aliphatic heterocycles. The molecule has 0 aliphatic carbocycles. The zero-order valence-electron chi connectivity index (χ0n) is 13.3. The van der Waals surface area contributed by atoms with E-state index in [9.17, 15) is 9.59 Å². The summed E-state index contributed by atoms with van der Waals surface area (Å²) in [7, 11) is 0. The number of nitrogens with one attached hydrogen (secondary N) is 2. The number of benzene rings is 2. The molecule has 0 saturated carbocycles. The molecule has 0 radical (unpaired) electrons. The van der Waals surface area contributed by atoms with Gasteiger partial charge in [-0.25, -0.2) is 9.48 Å². The van der Waals surface area contributed by atoms with Gasteiger partial charge in [0, 0.05) is 17.6 Å². The summed E-state index contributed by atoms with van der Waals surface area (Å²) in [6, 6.07) is 15.8. The van der Waals surface area contributed by atoms with Crippen LogP contribution in [0.2, 0.25) is 0 Å². The van der Waals surface area contributed by atoms with Gasteiger partial charge < -0.3 is 16.4 Å². The first-order valence-electron chi connectivity index (χ1n) is 7.65. The lowest BCUT2D eigenvalue weighted by molar-refractivity contribution is -0.115. The monoisotopic (exact) mass is 335 g/mol. The first kappa shape index (κ1) is 16.3. The minimum Gasteiger partial charge on any atom is -0.351 e. The second-order valence-electron chi connectivity index (χ2n) is 5.42. The Balaban J connectivity index is 1.59. The van der Waals surface area contributed by atoms with Crippen molar-refractivity contribution in [3.63, 3.8) is 0 Å². The third-order valence-electron chi connectivity index (χ3n) is 3.46. The average Bonchev–Trinajstić information content (AvgIpc) is 3.05. The summed E-state index contributed by atoms with van der Waals surface area (Å²) in [5.41, 5.74) is 7.99. The van der Waals surface area contributed by atoms with E-state index in [1.54, 1.807) is 35.1 Å². The number of hydrogen-bond donors (Lipinski definition) is 3. The Bertz CT molecular complexity index is 872. The van der Waals surface area contributed by atoms with Gasteiger partial charge in [0.25, 0.3) is 0 Å². The molecule has 0 bridgehead atoms. The molecule has 1 heterocycles. The highest BCUT2D eigenvalue weighted by Crippen LogP contribution is 2.14. The maximum absolute atomic E-state index is 12.2. The van der Waals surface area contributed by atoms with Gasteiger partial charge in [-0.15, -0.1) is 0 Å². The summed E-state index contributed by atoms with van der Waals surface area (Å²) in [5, 5.41) is 9.53. The standard InChI is InChI=1S/C18H17N5O2/c19-18(25)22-15-8-6-14(7-9-15)21-17(24)10-13-11-20-23(12-13)16-4-2-1-3-5-16/h1-9,11-12H,10H2,(H,21,24)(H3,19,22,25). The van der Waals surface area contributed by atoms with Crippen LogP contribution in [0.3, 0.4) is 0 Å². The van der Waals surface area contributed by atoms with E-state index in [-0.39, 0.29) is 12.3 Å². The number of aromatic nitrogens is 2. The van der Waals surface area contributed by atoms with Gasteiger partial charge in [0.2, 0.25) is 5.91 Å². The van der Waals surface area contributed by atoms with Crippen LogP contribution in [0, 0.1) is 0 Å². The van der Waals surface area contributed by atoms with Crippen LogP contribution in [0.4, 0.5) is 16.2 Å². The molecule has 3 amide bonds. The van der Waals surface area contributed by atoms with Crippen molar-refractivity contribution in [3.05, 3.63) is 72.6 Å². The van der Waals surface area contributed by atoms with Crippen molar-refractivity contribution in [3.8, 4) is 5.69 Å². The van der Waals surface area contributed by atoms with Crippen molar-refractivity contribution in [2.75, 3.05) is 10.6 Å². The fourth-order valence-electron chi connectivity index (χ4n) is 2.34. The van der Waals surface area contributed by atoms with E-state index >= 15 is 0 Å². The van der Waals surface area contributed by atoms with Crippen molar-refractivity contribution in [1.29, 1.82) is 0 Å². The van der Waals surface area contributed by atoms with Crippen LogP contribution < -0.4 is 16.4 Å². The lowest BCUT2D eigenvalue weighted by atomic mass is 10.2. The van der Waals surface area contributed by atoms with E-state index in [1.807, 2.05) is 36.5 Å². The molecule has 3 aromatic rings. The van der Waals surface area contributed by atoms with Crippen molar-refractivity contribution in [2.45, 2.75) is 6.42 Å². The Kier molecular flexibility index (Phi) is 4.75. The molecule has 126 valence electrons. The predicted octanol–water partition coefficient (Wildman–Crippen LogP) is 2.54. The van der Waals surface area contributed by atoms with E-state index in [2.05, 4.69) is 15.7 Å². The largest absolute Gasteiger partial charge is 0.351 e. The maximum Gasteiger partial charge on any atom is 0.316 e. The van der Waals surface area contributed by atoms with Gasteiger partial charge >= 0.3 is 6.03 Å². The van der Waals surface area contributed by atoms with Gasteiger partial charge in [0.1, 0.15) is 0 Å². The van der Waals surface area contributed by atoms with Crippen LogP contribution in [0.5, 0.6) is 0 Å². The van der Waals surface area contributed by atoms with Gasteiger partial charge in [-0.2, -0.15) is 5.10 Å². The Morgan fingerprint density at radius 2 is 1.60 bits per heavy atom. The number of anilines is 2. The third-order valence-corrected chi connectivity index (χ3v) is 3.46. The van der Waals surface area contributed by atoms with Crippen molar-refractivity contribution in [2.24, 2.45) is 5.73 Å². The first-order chi connectivity index (χ1) is 12.1. The van der Waals surface area contributed by atoms with E-state index < -0.39 is 6.03 Å². The number of nitrogens with zero attached hydrogens (tertiary/aromatic N) is 2. The van der Waals surface area contributed by atoms with Gasteiger partial charge in [-0.1, -0.05) is 18.2 Å². The smallest absolute Gasteiger partial charge is 0.316 e. The Labute approximate surface area is 144 Å². The van der Waals surface area contributed by atoms with E-state index in [1.165, 1.54) is 0 Å². The zero-order chi connectivity index (χ0) is 17.6. The minimum absolute atomic E-state index is 0.150. The van der Waals surface area contributed by atoms with Crippen molar-refractivity contribution in [1.82, 2.24) is 9.78 Å². The Hall–Kier alpha value is -3.61. The quantitative estimate of drug-likeness (QED) is 0.667. The normalized spacial score (nSPS) is 10.2. The number of rotatable bonds is 5. The molecule has 0 atom stereocenters. The molecule has 0 fully saturated rings. The fourth-order valence-corrected chi connectivity index (χ4v) is 2.34. The van der Waals surface area contributed by atoms with Crippen LogP contribution in [0.15, 0.2) is 67.0 Å². The Morgan fingerprint density at radius 1 is 0.960 bits per heavy atom. The minimum atomic E-state index is -0.632. The first-order valence-corrected chi connectivity index (χ1v) is 7.65. The van der Waals surface area contributed by atoms with Gasteiger partial charge in [0.15, 0.2) is 0 Å². The molecule has 3 rings (SSSR count). The second-order valence-corrected chi connectivity index (χ2v) is 5.42. The average molecular weight is 335 g/mol. The van der Waals surface area contributed by atoms with Crippen LogP contribution in [-0.4, -0.2) is 21.7 Å². The van der Waals surface area contributed by atoms with Crippen LogP contribution >= 0.6 is 0 Å². The number of carbonyl (C=O) groups is 2. The molecule has 7 nitrogen and oxygen atoms in total. The van der Waals surface area contributed by atoms with E-state index in [4.69, 9.17) is 5.73 Å².